The molecule has 1 aromatic heterocycles. The van der Waals surface area contributed by atoms with Gasteiger partial charge in [-0.05, 0) is 20.3 Å². The van der Waals surface area contributed by atoms with Gasteiger partial charge in [0.25, 0.3) is 10.0 Å². The van der Waals surface area contributed by atoms with Gasteiger partial charge < -0.3 is 10.2 Å². The van der Waals surface area contributed by atoms with Crippen LogP contribution in [0.4, 0.5) is 0 Å². The van der Waals surface area contributed by atoms with Crippen molar-refractivity contribution in [2.24, 2.45) is 0 Å². The van der Waals surface area contributed by atoms with Crippen LogP contribution in [0.25, 0.3) is 0 Å². The van der Waals surface area contributed by atoms with Gasteiger partial charge in [0.2, 0.25) is 0 Å². The summed E-state index contributed by atoms with van der Waals surface area (Å²) in [5.41, 5.74) is -0.197. The minimum atomic E-state index is -3.96. The molecule has 1 heterocycles. The van der Waals surface area contributed by atoms with Gasteiger partial charge >= 0.3 is 5.97 Å². The van der Waals surface area contributed by atoms with Crippen molar-refractivity contribution in [1.82, 2.24) is 9.71 Å². The van der Waals surface area contributed by atoms with Crippen LogP contribution in [0.15, 0.2) is 9.72 Å². The highest BCUT2D eigenvalue weighted by molar-refractivity contribution is 7.91. The molecule has 7 nitrogen and oxygen atoms in total. The maximum atomic E-state index is 12.0. The maximum Gasteiger partial charge on any atom is 0.356 e. The molecule has 0 bridgehead atoms. The number of aromatic nitrogens is 1. The number of aromatic carboxylic acids is 1. The molecule has 0 radical (unpaired) electrons. The van der Waals surface area contributed by atoms with Crippen molar-refractivity contribution in [3.63, 3.8) is 0 Å². The molecule has 0 saturated carbocycles. The van der Waals surface area contributed by atoms with Crippen molar-refractivity contribution in [2.75, 3.05) is 6.61 Å². The summed E-state index contributed by atoms with van der Waals surface area (Å²) in [6.07, 6.45) is 0.216. The zero-order valence-corrected chi connectivity index (χ0v) is 11.5. The fourth-order valence-corrected chi connectivity index (χ4v) is 3.89. The fourth-order valence-electron chi connectivity index (χ4n) is 1.31. The number of nitrogens with one attached hydrogen (secondary N) is 1. The summed E-state index contributed by atoms with van der Waals surface area (Å²) >= 11 is 0.739. The molecular formula is C9H14N2O5S2. The highest BCUT2D eigenvalue weighted by Crippen LogP contribution is 2.22. The molecule has 0 spiro atoms. The number of carbonyl (C=O) groups is 1. The van der Waals surface area contributed by atoms with Crippen molar-refractivity contribution < 1.29 is 23.4 Å². The number of rotatable bonds is 6. The van der Waals surface area contributed by atoms with Crippen LogP contribution < -0.4 is 4.72 Å². The van der Waals surface area contributed by atoms with E-state index in [2.05, 4.69) is 9.71 Å². The van der Waals surface area contributed by atoms with E-state index in [4.69, 9.17) is 10.2 Å². The van der Waals surface area contributed by atoms with E-state index in [1.54, 1.807) is 13.8 Å². The number of hydrogen-bond acceptors (Lipinski definition) is 6. The molecular weight excluding hydrogens is 280 g/mol. The molecule has 0 atom stereocenters. The third kappa shape index (κ3) is 3.48. The zero-order valence-electron chi connectivity index (χ0n) is 9.87. The predicted octanol–water partition coefficient (Wildman–Crippen LogP) is 0.281. The van der Waals surface area contributed by atoms with Crippen LogP contribution in [0.5, 0.6) is 0 Å². The van der Waals surface area contributed by atoms with E-state index in [0.717, 1.165) is 16.8 Å². The Kier molecular flexibility index (Phi) is 4.43. The Morgan fingerprint density at radius 1 is 1.56 bits per heavy atom. The molecule has 102 valence electrons. The van der Waals surface area contributed by atoms with Crippen LogP contribution in [-0.2, 0) is 10.0 Å². The number of sulfonamides is 1. The van der Waals surface area contributed by atoms with Crippen LogP contribution in [0.3, 0.4) is 0 Å². The first-order chi connectivity index (χ1) is 8.19. The summed E-state index contributed by atoms with van der Waals surface area (Å²) in [5.74, 6) is -1.39. The summed E-state index contributed by atoms with van der Waals surface area (Å²) in [6.45, 7) is 3.02. The smallest absolute Gasteiger partial charge is 0.356 e. The lowest BCUT2D eigenvalue weighted by Crippen LogP contribution is -2.44. The maximum absolute atomic E-state index is 12.0. The van der Waals surface area contributed by atoms with E-state index in [9.17, 15) is 13.2 Å². The Bertz CT molecular complexity index is 535. The first-order valence-corrected chi connectivity index (χ1v) is 7.37. The molecule has 0 aliphatic rings. The first kappa shape index (κ1) is 15.0. The van der Waals surface area contributed by atoms with Crippen molar-refractivity contribution >= 4 is 27.3 Å². The lowest BCUT2D eigenvalue weighted by molar-refractivity contribution is 0.0687. The van der Waals surface area contributed by atoms with Gasteiger partial charge in [0, 0.05) is 12.1 Å². The molecule has 0 aliphatic heterocycles. The Balaban J connectivity index is 3.07. The minimum absolute atomic E-state index is 0.177. The van der Waals surface area contributed by atoms with Gasteiger partial charge in [-0.1, -0.05) is 0 Å². The molecule has 18 heavy (non-hydrogen) atoms. The summed E-state index contributed by atoms with van der Waals surface area (Å²) in [4.78, 5) is 14.3. The van der Waals surface area contributed by atoms with Crippen LogP contribution >= 0.6 is 11.3 Å². The molecule has 0 amide bonds. The lowest BCUT2D eigenvalue weighted by atomic mass is 10.0. The Labute approximate surface area is 109 Å². The standard InChI is InChI=1S/C9H14N2O5S2/c1-9(2,3-4-12)11-18(15,16)8-6(7(13)14)10-5-17-8/h5,11-12H,3-4H2,1-2H3,(H,13,14). The van der Waals surface area contributed by atoms with Crippen LogP contribution in [0.2, 0.25) is 0 Å². The Morgan fingerprint density at radius 3 is 2.67 bits per heavy atom. The minimum Gasteiger partial charge on any atom is -0.476 e. The molecule has 1 rings (SSSR count). The Morgan fingerprint density at radius 2 is 2.17 bits per heavy atom. The SMILES string of the molecule is CC(C)(CCO)NS(=O)(=O)c1scnc1C(=O)O. The van der Waals surface area contributed by atoms with Crippen LogP contribution in [-0.4, -0.2) is 41.7 Å². The summed E-state index contributed by atoms with van der Waals surface area (Å²) in [7, 11) is -3.96. The zero-order chi connectivity index (χ0) is 14.0. The van der Waals surface area contributed by atoms with Gasteiger partial charge in [-0.3, -0.25) is 0 Å². The van der Waals surface area contributed by atoms with Gasteiger partial charge in [-0.2, -0.15) is 0 Å². The van der Waals surface area contributed by atoms with E-state index in [-0.39, 0.29) is 17.2 Å². The largest absolute Gasteiger partial charge is 0.476 e. The van der Waals surface area contributed by atoms with E-state index in [1.165, 1.54) is 0 Å². The molecule has 0 aromatic carbocycles. The van der Waals surface area contributed by atoms with Gasteiger partial charge in [-0.15, -0.1) is 11.3 Å². The number of thiazole rings is 1. The van der Waals surface area contributed by atoms with Crippen molar-refractivity contribution in [3.05, 3.63) is 11.2 Å². The van der Waals surface area contributed by atoms with Gasteiger partial charge in [-0.25, -0.2) is 22.9 Å². The fraction of sp³-hybridized carbons (Fsp3) is 0.556. The third-order valence-corrected chi connectivity index (χ3v) is 5.20. The number of nitrogens with zero attached hydrogens (tertiary/aromatic N) is 1. The normalized spacial score (nSPS) is 12.6. The van der Waals surface area contributed by atoms with Gasteiger partial charge in [0.05, 0.1) is 5.51 Å². The second-order valence-corrected chi connectivity index (χ2v) is 6.99. The summed E-state index contributed by atoms with van der Waals surface area (Å²) in [6, 6.07) is 0. The van der Waals surface area contributed by atoms with Gasteiger partial charge in [0.15, 0.2) is 9.90 Å². The summed E-state index contributed by atoms with van der Waals surface area (Å²) in [5, 5.41) is 17.7. The van der Waals surface area contributed by atoms with E-state index in [1.807, 2.05) is 0 Å². The molecule has 1 aromatic rings. The second kappa shape index (κ2) is 5.31. The van der Waals surface area contributed by atoms with E-state index >= 15 is 0 Å². The predicted molar refractivity (Wildman–Crippen MR) is 65.2 cm³/mol. The van der Waals surface area contributed by atoms with E-state index < -0.39 is 27.2 Å². The summed E-state index contributed by atoms with van der Waals surface area (Å²) < 4.78 is 26.1. The van der Waals surface area contributed by atoms with Crippen LogP contribution in [0.1, 0.15) is 30.8 Å². The molecule has 0 fully saturated rings. The number of carboxylic acids is 1. The highest BCUT2D eigenvalue weighted by atomic mass is 32.2. The van der Waals surface area contributed by atoms with Crippen molar-refractivity contribution in [1.29, 1.82) is 0 Å². The Hall–Kier alpha value is -1.03. The third-order valence-electron chi connectivity index (χ3n) is 2.13. The van der Waals surface area contributed by atoms with Crippen molar-refractivity contribution in [2.45, 2.75) is 30.0 Å². The average molecular weight is 294 g/mol. The number of aliphatic hydroxyl groups excluding tert-OH is 1. The van der Waals surface area contributed by atoms with Crippen LogP contribution in [0, 0.1) is 0 Å². The quantitative estimate of drug-likeness (QED) is 0.694. The highest BCUT2D eigenvalue weighted by Gasteiger charge is 2.31. The molecule has 0 aliphatic carbocycles. The van der Waals surface area contributed by atoms with Gasteiger partial charge in [0.1, 0.15) is 0 Å². The average Bonchev–Trinajstić information content (AvgIpc) is 2.63. The monoisotopic (exact) mass is 294 g/mol. The topological polar surface area (TPSA) is 117 Å². The first-order valence-electron chi connectivity index (χ1n) is 5.01. The second-order valence-electron chi connectivity index (χ2n) is 4.26. The number of hydrogen-bond donors (Lipinski definition) is 3. The van der Waals surface area contributed by atoms with Crippen molar-refractivity contribution in [3.8, 4) is 0 Å². The molecule has 9 heteroatoms. The van der Waals surface area contributed by atoms with E-state index in [0.29, 0.717) is 0 Å². The molecule has 3 N–H and O–H groups in total. The lowest BCUT2D eigenvalue weighted by Gasteiger charge is -2.24. The number of aliphatic hydroxyl groups is 1. The molecule has 0 unspecified atom stereocenters. The number of carboxylic acid groups (broad SMARTS) is 1. The molecule has 0 saturated heterocycles.